The van der Waals surface area contributed by atoms with Crippen molar-refractivity contribution in [1.29, 1.82) is 0 Å². The van der Waals surface area contributed by atoms with Crippen LogP contribution >= 0.6 is 0 Å². The highest BCUT2D eigenvalue weighted by Crippen LogP contribution is 2.56. The van der Waals surface area contributed by atoms with E-state index in [9.17, 15) is 9.90 Å². The third kappa shape index (κ3) is 1.64. The zero-order valence-corrected chi connectivity index (χ0v) is 13.0. The fourth-order valence-electron chi connectivity index (χ4n) is 4.80. The van der Waals surface area contributed by atoms with Crippen molar-refractivity contribution < 1.29 is 14.6 Å². The molecule has 0 aromatic heterocycles. The lowest BCUT2D eigenvalue weighted by Gasteiger charge is -2.56. The number of carbonyl (C=O) groups excluding carboxylic acids is 1. The number of ketones is 1. The number of ether oxygens (including phenoxy) is 1. The summed E-state index contributed by atoms with van der Waals surface area (Å²) in [6.45, 7) is 0.982. The minimum atomic E-state index is -0.225. The topological polar surface area (TPSA) is 49.8 Å². The van der Waals surface area contributed by atoms with Gasteiger partial charge in [0.05, 0.1) is 7.11 Å². The Morgan fingerprint density at radius 2 is 2.18 bits per heavy atom. The van der Waals surface area contributed by atoms with E-state index in [0.717, 1.165) is 24.9 Å². The van der Waals surface area contributed by atoms with Crippen molar-refractivity contribution in [2.24, 2.45) is 5.92 Å². The SMILES string of the molecule is COc1ccc2c(c1O)[C@@]13C=CC(=O)C[C@H]1[C@@H](C2)N(C)CC3. The summed E-state index contributed by atoms with van der Waals surface area (Å²) < 4.78 is 5.32. The third-order valence-electron chi connectivity index (χ3n) is 5.90. The van der Waals surface area contributed by atoms with E-state index in [1.54, 1.807) is 13.2 Å². The number of piperidine rings is 1. The van der Waals surface area contributed by atoms with Crippen molar-refractivity contribution in [2.45, 2.75) is 30.7 Å². The molecule has 1 aromatic rings. The molecule has 2 bridgehead atoms. The molecule has 1 fully saturated rings. The molecule has 1 saturated heterocycles. The third-order valence-corrected chi connectivity index (χ3v) is 5.90. The molecular formula is C18H21NO3. The van der Waals surface area contributed by atoms with Crippen molar-refractivity contribution in [1.82, 2.24) is 4.90 Å². The van der Waals surface area contributed by atoms with Crippen LogP contribution in [0, 0.1) is 5.92 Å². The minimum Gasteiger partial charge on any atom is -0.504 e. The highest BCUT2D eigenvalue weighted by atomic mass is 16.5. The molecule has 22 heavy (non-hydrogen) atoms. The first-order valence-corrected chi connectivity index (χ1v) is 7.88. The molecule has 0 saturated carbocycles. The van der Waals surface area contributed by atoms with Crippen LogP contribution in [0.1, 0.15) is 24.0 Å². The van der Waals surface area contributed by atoms with Gasteiger partial charge in [0.1, 0.15) is 0 Å². The molecule has 3 atom stereocenters. The predicted molar refractivity (Wildman–Crippen MR) is 83.3 cm³/mol. The van der Waals surface area contributed by atoms with Gasteiger partial charge in [-0.05, 0) is 50.1 Å². The van der Waals surface area contributed by atoms with Crippen LogP contribution in [0.5, 0.6) is 11.5 Å². The summed E-state index contributed by atoms with van der Waals surface area (Å²) in [5.74, 6) is 1.22. The molecule has 116 valence electrons. The quantitative estimate of drug-likeness (QED) is 0.862. The van der Waals surface area contributed by atoms with Crippen molar-refractivity contribution in [3.63, 3.8) is 0 Å². The monoisotopic (exact) mass is 299 g/mol. The lowest BCUT2D eigenvalue weighted by Crippen LogP contribution is -2.59. The zero-order valence-electron chi connectivity index (χ0n) is 13.0. The molecule has 0 amide bonds. The molecular weight excluding hydrogens is 278 g/mol. The van der Waals surface area contributed by atoms with E-state index < -0.39 is 0 Å². The summed E-state index contributed by atoms with van der Waals surface area (Å²) in [6.07, 6.45) is 6.16. The predicted octanol–water partition coefficient (Wildman–Crippen LogP) is 2.04. The number of phenols is 1. The number of nitrogens with zero attached hydrogens (tertiary/aromatic N) is 1. The Hall–Kier alpha value is -1.81. The van der Waals surface area contributed by atoms with E-state index in [1.165, 1.54) is 5.56 Å². The Morgan fingerprint density at radius 3 is 2.95 bits per heavy atom. The lowest BCUT2D eigenvalue weighted by molar-refractivity contribution is -0.118. The summed E-state index contributed by atoms with van der Waals surface area (Å²) in [7, 11) is 3.73. The van der Waals surface area contributed by atoms with Crippen LogP contribution in [0.15, 0.2) is 24.3 Å². The van der Waals surface area contributed by atoms with E-state index in [2.05, 4.69) is 24.1 Å². The molecule has 0 unspecified atom stereocenters. The number of aromatic hydroxyl groups is 1. The molecule has 3 aliphatic rings. The van der Waals surface area contributed by atoms with Crippen molar-refractivity contribution in [3.05, 3.63) is 35.4 Å². The number of benzene rings is 1. The average molecular weight is 299 g/mol. The van der Waals surface area contributed by atoms with Crippen LogP contribution in [-0.2, 0) is 16.6 Å². The van der Waals surface area contributed by atoms with Crippen molar-refractivity contribution in [3.8, 4) is 11.5 Å². The van der Waals surface area contributed by atoms with Gasteiger partial charge in [0.25, 0.3) is 0 Å². The Kier molecular flexibility index (Phi) is 2.89. The van der Waals surface area contributed by atoms with Gasteiger partial charge in [-0.3, -0.25) is 4.79 Å². The van der Waals surface area contributed by atoms with Crippen LogP contribution in [0.4, 0.5) is 0 Å². The number of allylic oxidation sites excluding steroid dienone is 2. The largest absolute Gasteiger partial charge is 0.504 e. The fraction of sp³-hybridized carbons (Fsp3) is 0.500. The highest BCUT2D eigenvalue weighted by molar-refractivity contribution is 5.92. The van der Waals surface area contributed by atoms with E-state index in [0.29, 0.717) is 18.2 Å². The van der Waals surface area contributed by atoms with Crippen LogP contribution in [0.3, 0.4) is 0 Å². The first-order valence-electron chi connectivity index (χ1n) is 7.88. The van der Waals surface area contributed by atoms with Crippen LogP contribution < -0.4 is 4.74 Å². The number of phenolic OH excluding ortho intramolecular Hbond substituents is 1. The molecule has 4 nitrogen and oxygen atoms in total. The maximum Gasteiger partial charge on any atom is 0.162 e. The van der Waals surface area contributed by atoms with E-state index in [-0.39, 0.29) is 22.9 Å². The van der Waals surface area contributed by atoms with Gasteiger partial charge in [0.2, 0.25) is 0 Å². The van der Waals surface area contributed by atoms with Crippen molar-refractivity contribution in [2.75, 3.05) is 20.7 Å². The van der Waals surface area contributed by atoms with Gasteiger partial charge in [-0.15, -0.1) is 0 Å². The number of methoxy groups -OCH3 is 1. The Balaban J connectivity index is 1.99. The number of rotatable bonds is 1. The van der Waals surface area contributed by atoms with E-state index in [1.807, 2.05) is 6.07 Å². The van der Waals surface area contributed by atoms with Gasteiger partial charge in [-0.25, -0.2) is 0 Å². The zero-order chi connectivity index (χ0) is 15.5. The van der Waals surface area contributed by atoms with Crippen molar-refractivity contribution >= 4 is 5.78 Å². The van der Waals surface area contributed by atoms with Crippen LogP contribution in [0.25, 0.3) is 0 Å². The maximum absolute atomic E-state index is 12.0. The molecule has 1 N–H and O–H groups in total. The molecule has 4 heteroatoms. The highest BCUT2D eigenvalue weighted by Gasteiger charge is 2.54. The second-order valence-electron chi connectivity index (χ2n) is 6.80. The summed E-state index contributed by atoms with van der Waals surface area (Å²) in [5.41, 5.74) is 1.95. The van der Waals surface area contributed by atoms with Gasteiger partial charge in [0.15, 0.2) is 17.3 Å². The Bertz CT molecular complexity index is 681. The number of likely N-dealkylation sites (N-methyl/N-ethyl adjacent to an activating group) is 1. The number of hydrogen-bond acceptors (Lipinski definition) is 4. The molecule has 0 spiro atoms. The first-order chi connectivity index (χ1) is 10.6. The first kappa shape index (κ1) is 13.8. The second-order valence-corrected chi connectivity index (χ2v) is 6.80. The molecule has 1 aliphatic heterocycles. The summed E-state index contributed by atoms with van der Waals surface area (Å²) in [5, 5.41) is 10.8. The lowest BCUT2D eigenvalue weighted by atomic mass is 9.54. The van der Waals surface area contributed by atoms with E-state index >= 15 is 0 Å². The molecule has 1 aromatic carbocycles. The van der Waals surface area contributed by atoms with Gasteiger partial charge in [0, 0.05) is 23.4 Å². The summed E-state index contributed by atoms with van der Waals surface area (Å²) >= 11 is 0. The standard InChI is InChI=1S/C18H21NO3/c1-19-8-7-18-6-5-12(20)10-13(18)14(19)9-11-3-4-15(22-2)17(21)16(11)18/h3-6,13-14,21H,7-10H2,1-2H3/t13-,14+,18+/m0/s1. The number of likely N-dealkylation sites (tertiary alicyclic amines) is 1. The molecule has 0 radical (unpaired) electrons. The van der Waals surface area contributed by atoms with E-state index in [4.69, 9.17) is 4.74 Å². The summed E-state index contributed by atoms with van der Waals surface area (Å²) in [4.78, 5) is 14.4. The normalized spacial score (nSPS) is 33.3. The number of hydrogen-bond donors (Lipinski definition) is 1. The van der Waals surface area contributed by atoms with Gasteiger partial charge in [-0.2, -0.15) is 0 Å². The van der Waals surface area contributed by atoms with Gasteiger partial charge >= 0.3 is 0 Å². The van der Waals surface area contributed by atoms with Crippen LogP contribution in [-0.4, -0.2) is 42.5 Å². The maximum atomic E-state index is 12.0. The molecule has 1 heterocycles. The van der Waals surface area contributed by atoms with Gasteiger partial charge in [-0.1, -0.05) is 12.1 Å². The fourth-order valence-corrected chi connectivity index (χ4v) is 4.80. The molecule has 2 aliphatic carbocycles. The minimum absolute atomic E-state index is 0.201. The smallest absolute Gasteiger partial charge is 0.162 e. The Morgan fingerprint density at radius 1 is 1.36 bits per heavy atom. The average Bonchev–Trinajstić information content (AvgIpc) is 2.51. The summed E-state index contributed by atoms with van der Waals surface area (Å²) in [6, 6.07) is 4.28. The Labute approximate surface area is 130 Å². The number of fused-ring (bicyclic) bond motifs is 1. The number of carbonyl (C=O) groups is 1. The molecule has 4 rings (SSSR count). The van der Waals surface area contributed by atoms with Crippen LogP contribution in [0.2, 0.25) is 0 Å². The van der Waals surface area contributed by atoms with Gasteiger partial charge < -0.3 is 14.7 Å². The second kappa shape index (κ2) is 4.59.